The van der Waals surface area contributed by atoms with Gasteiger partial charge in [0.2, 0.25) is 10.0 Å². The lowest BCUT2D eigenvalue weighted by atomic mass is 10.2. The number of halogens is 2. The predicted molar refractivity (Wildman–Crippen MR) is 123 cm³/mol. The molecule has 0 saturated carbocycles. The molecule has 0 aliphatic rings. The molecule has 0 bridgehead atoms. The van der Waals surface area contributed by atoms with Crippen LogP contribution in [0, 0.1) is 0 Å². The summed E-state index contributed by atoms with van der Waals surface area (Å²) in [7, 11) is 0.349. The van der Waals surface area contributed by atoms with Crippen molar-refractivity contribution in [2.75, 3.05) is 25.1 Å². The third kappa shape index (κ3) is 7.94. The van der Waals surface area contributed by atoms with Gasteiger partial charge in [0, 0.05) is 37.9 Å². The van der Waals surface area contributed by atoms with E-state index in [2.05, 4.69) is 15.0 Å². The van der Waals surface area contributed by atoms with E-state index in [1.54, 1.807) is 25.2 Å². The van der Waals surface area contributed by atoms with E-state index in [1.165, 1.54) is 0 Å². The molecule has 148 valence electrons. The number of hydrogen-bond donors (Lipinski definition) is 2. The lowest BCUT2D eigenvalue weighted by molar-refractivity contribution is 0.476. The third-order valence-corrected chi connectivity index (χ3v) is 4.59. The van der Waals surface area contributed by atoms with E-state index in [1.807, 2.05) is 42.3 Å². The van der Waals surface area contributed by atoms with E-state index >= 15 is 0 Å². The number of rotatable bonds is 6. The van der Waals surface area contributed by atoms with Gasteiger partial charge in [-0.2, -0.15) is 0 Å². The van der Waals surface area contributed by atoms with Crippen molar-refractivity contribution in [1.82, 2.24) is 10.2 Å². The average molecular weight is 523 g/mol. The molecule has 0 heterocycles. The molecule has 2 aromatic carbocycles. The van der Waals surface area contributed by atoms with Crippen molar-refractivity contribution in [3.8, 4) is 0 Å². The second kappa shape index (κ2) is 10.7. The average Bonchev–Trinajstić information content (AvgIpc) is 2.56. The Hall–Kier alpha value is -1.52. The molecule has 0 amide bonds. The van der Waals surface area contributed by atoms with Crippen molar-refractivity contribution in [3.05, 3.63) is 64.7 Å². The molecule has 27 heavy (non-hydrogen) atoms. The summed E-state index contributed by atoms with van der Waals surface area (Å²) in [6.07, 6.45) is 1.13. The van der Waals surface area contributed by atoms with Gasteiger partial charge in [-0.25, -0.2) is 8.42 Å². The first-order valence-electron chi connectivity index (χ1n) is 8.00. The maximum absolute atomic E-state index is 11.4. The second-order valence-corrected chi connectivity index (χ2v) is 8.08. The zero-order valence-corrected chi connectivity index (χ0v) is 19.3. The highest BCUT2D eigenvalue weighted by Crippen LogP contribution is 2.16. The zero-order valence-electron chi connectivity index (χ0n) is 15.4. The topological polar surface area (TPSA) is 73.8 Å². The summed E-state index contributed by atoms with van der Waals surface area (Å²) in [6.45, 7) is 1.13. The molecule has 0 spiro atoms. The van der Waals surface area contributed by atoms with Gasteiger partial charge in [-0.15, -0.1) is 24.0 Å². The van der Waals surface area contributed by atoms with Gasteiger partial charge < -0.3 is 10.2 Å². The molecule has 0 aliphatic carbocycles. The Morgan fingerprint density at radius 2 is 1.89 bits per heavy atom. The van der Waals surface area contributed by atoms with E-state index < -0.39 is 10.0 Å². The van der Waals surface area contributed by atoms with Crippen LogP contribution in [-0.4, -0.2) is 39.6 Å². The van der Waals surface area contributed by atoms with Crippen LogP contribution in [0.25, 0.3) is 0 Å². The fourth-order valence-electron chi connectivity index (χ4n) is 2.48. The second-order valence-electron chi connectivity index (χ2n) is 5.92. The summed E-state index contributed by atoms with van der Waals surface area (Å²) in [5.74, 6) is 0.714. The zero-order chi connectivity index (χ0) is 19.2. The predicted octanol–water partition coefficient (Wildman–Crippen LogP) is 3.54. The smallest absolute Gasteiger partial charge is 0.229 e. The fourth-order valence-corrected chi connectivity index (χ4v) is 3.23. The molecule has 0 saturated heterocycles. The maximum atomic E-state index is 11.4. The minimum absolute atomic E-state index is 0. The molecule has 0 atom stereocenters. The molecular formula is C18H24ClIN4O2S. The van der Waals surface area contributed by atoms with E-state index in [4.69, 9.17) is 11.6 Å². The molecule has 0 radical (unpaired) electrons. The summed E-state index contributed by atoms with van der Waals surface area (Å²) in [5.41, 5.74) is 2.48. The molecule has 0 unspecified atom stereocenters. The van der Waals surface area contributed by atoms with Crippen LogP contribution >= 0.6 is 35.6 Å². The van der Waals surface area contributed by atoms with Crippen LogP contribution in [0.1, 0.15) is 11.1 Å². The van der Waals surface area contributed by atoms with Crippen molar-refractivity contribution in [2.45, 2.75) is 13.1 Å². The van der Waals surface area contributed by atoms with Crippen LogP contribution in [0.4, 0.5) is 5.69 Å². The number of nitrogens with zero attached hydrogens (tertiary/aromatic N) is 2. The van der Waals surface area contributed by atoms with Crippen LogP contribution in [0.3, 0.4) is 0 Å². The van der Waals surface area contributed by atoms with Crippen LogP contribution in [0.5, 0.6) is 0 Å². The largest absolute Gasteiger partial charge is 0.352 e. The summed E-state index contributed by atoms with van der Waals surface area (Å²) in [5, 5.41) is 3.99. The number of anilines is 1. The lowest BCUT2D eigenvalue weighted by Crippen LogP contribution is -2.38. The monoisotopic (exact) mass is 522 g/mol. The Morgan fingerprint density at radius 3 is 2.52 bits per heavy atom. The van der Waals surface area contributed by atoms with Crippen molar-refractivity contribution in [1.29, 1.82) is 0 Å². The number of benzene rings is 2. The van der Waals surface area contributed by atoms with Crippen LogP contribution in [0.2, 0.25) is 5.02 Å². The first-order chi connectivity index (χ1) is 12.3. The quantitative estimate of drug-likeness (QED) is 0.346. The molecule has 9 heteroatoms. The Labute approximate surface area is 183 Å². The van der Waals surface area contributed by atoms with E-state index in [9.17, 15) is 8.42 Å². The van der Waals surface area contributed by atoms with Gasteiger partial charge in [-0.3, -0.25) is 9.71 Å². The molecule has 0 fully saturated rings. The molecule has 6 nitrogen and oxygen atoms in total. The number of hydrogen-bond acceptors (Lipinski definition) is 3. The first kappa shape index (κ1) is 23.5. The molecule has 0 aliphatic heterocycles. The van der Waals surface area contributed by atoms with Crippen LogP contribution in [-0.2, 0) is 23.1 Å². The Morgan fingerprint density at radius 1 is 1.19 bits per heavy atom. The van der Waals surface area contributed by atoms with Gasteiger partial charge in [-0.1, -0.05) is 41.9 Å². The highest BCUT2D eigenvalue weighted by molar-refractivity contribution is 14.0. The Balaban J connectivity index is 0.00000364. The maximum Gasteiger partial charge on any atom is 0.229 e. The summed E-state index contributed by atoms with van der Waals surface area (Å²) in [6, 6.07) is 14.9. The lowest BCUT2D eigenvalue weighted by Gasteiger charge is -2.22. The number of sulfonamides is 1. The van der Waals surface area contributed by atoms with E-state index in [0.29, 0.717) is 29.8 Å². The summed E-state index contributed by atoms with van der Waals surface area (Å²) >= 11 is 6.22. The fraction of sp³-hybridized carbons (Fsp3) is 0.278. The minimum atomic E-state index is -3.30. The van der Waals surface area contributed by atoms with Gasteiger partial charge in [0.05, 0.1) is 6.26 Å². The summed E-state index contributed by atoms with van der Waals surface area (Å²) in [4.78, 5) is 6.26. The van der Waals surface area contributed by atoms with Gasteiger partial charge in [-0.05, 0) is 29.3 Å². The Kier molecular flexibility index (Phi) is 9.34. The Bertz CT molecular complexity index is 890. The first-order valence-corrected chi connectivity index (χ1v) is 10.3. The van der Waals surface area contributed by atoms with Crippen LogP contribution in [0.15, 0.2) is 53.5 Å². The number of guanidine groups is 1. The standard InChI is InChI=1S/C18H23ClN4O2S.HI/c1-20-18(23(2)13-15-8-4-5-10-17(15)19)21-12-14-7-6-9-16(11-14)22-26(3,24)25;/h4-11,22H,12-13H2,1-3H3,(H,20,21);1H. The van der Waals surface area contributed by atoms with Gasteiger partial charge in [0.1, 0.15) is 0 Å². The SMILES string of the molecule is CN=C(NCc1cccc(NS(C)(=O)=O)c1)N(C)Cc1ccccc1Cl.I. The minimum Gasteiger partial charge on any atom is -0.352 e. The normalized spacial score (nSPS) is 11.5. The van der Waals surface area contributed by atoms with Crippen molar-refractivity contribution < 1.29 is 8.42 Å². The van der Waals surface area contributed by atoms with Gasteiger partial charge >= 0.3 is 0 Å². The van der Waals surface area contributed by atoms with E-state index in [-0.39, 0.29) is 24.0 Å². The molecule has 2 N–H and O–H groups in total. The summed E-state index contributed by atoms with van der Waals surface area (Å²) < 4.78 is 25.2. The molecule has 0 aromatic heterocycles. The highest BCUT2D eigenvalue weighted by atomic mass is 127. The third-order valence-electron chi connectivity index (χ3n) is 3.62. The van der Waals surface area contributed by atoms with Crippen molar-refractivity contribution in [3.63, 3.8) is 0 Å². The van der Waals surface area contributed by atoms with Crippen LogP contribution < -0.4 is 10.0 Å². The van der Waals surface area contributed by atoms with Crippen molar-refractivity contribution in [2.24, 2.45) is 4.99 Å². The molecule has 2 aromatic rings. The van der Waals surface area contributed by atoms with Crippen molar-refractivity contribution >= 4 is 57.2 Å². The number of nitrogens with one attached hydrogen (secondary N) is 2. The highest BCUT2D eigenvalue weighted by Gasteiger charge is 2.09. The van der Waals surface area contributed by atoms with Gasteiger partial charge in [0.15, 0.2) is 5.96 Å². The number of aliphatic imine (C=N–C) groups is 1. The molecular weight excluding hydrogens is 499 g/mol. The van der Waals surface area contributed by atoms with Gasteiger partial charge in [0.25, 0.3) is 0 Å². The van der Waals surface area contributed by atoms with E-state index in [0.717, 1.165) is 17.4 Å². The molecule has 2 rings (SSSR count).